The third-order valence-corrected chi connectivity index (χ3v) is 2.96. The second kappa shape index (κ2) is 5.78. The van der Waals surface area contributed by atoms with Crippen molar-refractivity contribution < 1.29 is 37.5 Å². The van der Waals surface area contributed by atoms with Crippen LogP contribution >= 0.6 is 0 Å². The Morgan fingerprint density at radius 2 is 1.89 bits per heavy atom. The maximum absolute atomic E-state index is 11.5. The van der Waals surface area contributed by atoms with Crippen LogP contribution in [0.5, 0.6) is 0 Å². The van der Waals surface area contributed by atoms with Crippen LogP contribution in [0.4, 0.5) is 0 Å². The molecule has 104 valence electrons. The summed E-state index contributed by atoms with van der Waals surface area (Å²) in [7, 11) is -4.79. The van der Waals surface area contributed by atoms with Crippen LogP contribution in [0.1, 0.15) is 20.7 Å². The summed E-state index contributed by atoms with van der Waals surface area (Å²) in [4.78, 5) is 21.7. The number of carboxylic acid groups (broad SMARTS) is 1. The molecule has 3 N–H and O–H groups in total. The molecule has 0 saturated heterocycles. The number of hydrogen-bond donors (Lipinski definition) is 3. The van der Waals surface area contributed by atoms with Gasteiger partial charge in [0.15, 0.2) is 0 Å². The Labute approximate surface area is 108 Å². The van der Waals surface area contributed by atoms with Crippen LogP contribution in [0.3, 0.4) is 0 Å². The summed E-state index contributed by atoms with van der Waals surface area (Å²) in [5.41, 5.74) is -1.41. The van der Waals surface area contributed by atoms with E-state index in [9.17, 15) is 18.0 Å². The van der Waals surface area contributed by atoms with Crippen LogP contribution in [0.15, 0.2) is 23.1 Å². The van der Waals surface area contributed by atoms with Gasteiger partial charge in [-0.3, -0.25) is 4.55 Å². The SMILES string of the molecule is O=C(OCCO)c1cccc(S(=O)(=O)O)c1C(=O)O. The molecule has 0 aliphatic rings. The predicted octanol–water partition coefficient (Wildman–Crippen LogP) is -0.219. The molecule has 0 atom stereocenters. The van der Waals surface area contributed by atoms with Crippen LogP contribution in [0.2, 0.25) is 0 Å². The van der Waals surface area contributed by atoms with Gasteiger partial charge in [-0.15, -0.1) is 0 Å². The highest BCUT2D eigenvalue weighted by Crippen LogP contribution is 2.20. The molecule has 0 aliphatic carbocycles. The fourth-order valence-corrected chi connectivity index (χ4v) is 2.06. The minimum absolute atomic E-state index is 0.367. The highest BCUT2D eigenvalue weighted by Gasteiger charge is 2.27. The number of aliphatic hydroxyl groups is 1. The minimum atomic E-state index is -4.79. The molecule has 0 amide bonds. The molecule has 0 heterocycles. The summed E-state index contributed by atoms with van der Waals surface area (Å²) in [6.45, 7) is -0.833. The Hall–Kier alpha value is -1.97. The average molecular weight is 290 g/mol. The highest BCUT2D eigenvalue weighted by atomic mass is 32.2. The lowest BCUT2D eigenvalue weighted by Crippen LogP contribution is -2.17. The fourth-order valence-electron chi connectivity index (χ4n) is 1.35. The van der Waals surface area contributed by atoms with Crippen molar-refractivity contribution in [2.24, 2.45) is 0 Å². The van der Waals surface area contributed by atoms with Crippen molar-refractivity contribution >= 4 is 22.1 Å². The van der Waals surface area contributed by atoms with Crippen LogP contribution in [-0.4, -0.2) is 48.3 Å². The predicted molar refractivity (Wildman–Crippen MR) is 60.6 cm³/mol. The number of hydrogen-bond acceptors (Lipinski definition) is 6. The van der Waals surface area contributed by atoms with E-state index in [0.29, 0.717) is 0 Å². The normalized spacial score (nSPS) is 11.1. The van der Waals surface area contributed by atoms with E-state index in [1.807, 2.05) is 0 Å². The molecule has 0 saturated carbocycles. The van der Waals surface area contributed by atoms with Gasteiger partial charge in [-0.1, -0.05) is 6.07 Å². The van der Waals surface area contributed by atoms with E-state index in [1.165, 1.54) is 0 Å². The Kier molecular flexibility index (Phi) is 4.59. The van der Waals surface area contributed by atoms with Gasteiger partial charge >= 0.3 is 11.9 Å². The first-order chi connectivity index (χ1) is 8.79. The van der Waals surface area contributed by atoms with Crippen LogP contribution in [0.25, 0.3) is 0 Å². The lowest BCUT2D eigenvalue weighted by molar-refractivity contribution is 0.0425. The van der Waals surface area contributed by atoms with Crippen molar-refractivity contribution in [1.29, 1.82) is 0 Å². The van der Waals surface area contributed by atoms with Gasteiger partial charge in [0.2, 0.25) is 0 Å². The van der Waals surface area contributed by atoms with Gasteiger partial charge in [0, 0.05) is 0 Å². The van der Waals surface area contributed by atoms with Crippen molar-refractivity contribution in [1.82, 2.24) is 0 Å². The fraction of sp³-hybridized carbons (Fsp3) is 0.200. The molecule has 8 nitrogen and oxygen atoms in total. The van der Waals surface area contributed by atoms with Gasteiger partial charge in [-0.05, 0) is 12.1 Å². The molecule has 0 aromatic heterocycles. The van der Waals surface area contributed by atoms with Gasteiger partial charge in [0.05, 0.1) is 17.7 Å². The van der Waals surface area contributed by atoms with Gasteiger partial charge in [0.1, 0.15) is 11.5 Å². The first-order valence-corrected chi connectivity index (χ1v) is 6.34. The van der Waals surface area contributed by atoms with Gasteiger partial charge in [0.25, 0.3) is 10.1 Å². The van der Waals surface area contributed by atoms with Crippen LogP contribution < -0.4 is 0 Å². The topological polar surface area (TPSA) is 138 Å². The van der Waals surface area contributed by atoms with E-state index >= 15 is 0 Å². The van der Waals surface area contributed by atoms with Crippen molar-refractivity contribution in [3.63, 3.8) is 0 Å². The van der Waals surface area contributed by atoms with Gasteiger partial charge in [-0.2, -0.15) is 8.42 Å². The standard InChI is InChI=1S/C10H10O8S/c11-4-5-18-10(14)6-2-1-3-7(19(15,16)17)8(6)9(12)13/h1-3,11H,4-5H2,(H,12,13)(H,15,16,17). The van der Waals surface area contributed by atoms with E-state index in [-0.39, 0.29) is 6.61 Å². The number of ether oxygens (including phenoxy) is 1. The molecular weight excluding hydrogens is 280 g/mol. The number of carboxylic acids is 1. The quantitative estimate of drug-likeness (QED) is 0.499. The Balaban J connectivity index is 3.41. The molecule has 1 rings (SSSR count). The van der Waals surface area contributed by atoms with Crippen molar-refractivity contribution in [3.8, 4) is 0 Å². The first-order valence-electron chi connectivity index (χ1n) is 4.90. The molecule has 0 fully saturated rings. The molecule has 19 heavy (non-hydrogen) atoms. The highest BCUT2D eigenvalue weighted by molar-refractivity contribution is 7.86. The summed E-state index contributed by atoms with van der Waals surface area (Å²) in [5.74, 6) is -2.82. The number of benzene rings is 1. The minimum Gasteiger partial charge on any atom is -0.478 e. The summed E-state index contributed by atoms with van der Waals surface area (Å²) >= 11 is 0. The zero-order valence-electron chi connectivity index (χ0n) is 9.44. The number of aliphatic hydroxyl groups excluding tert-OH is 1. The third kappa shape index (κ3) is 3.50. The van der Waals surface area contributed by atoms with E-state index in [2.05, 4.69) is 4.74 Å². The van der Waals surface area contributed by atoms with Gasteiger partial charge < -0.3 is 14.9 Å². The zero-order chi connectivity index (χ0) is 14.6. The molecule has 0 radical (unpaired) electrons. The van der Waals surface area contributed by atoms with E-state index in [0.717, 1.165) is 18.2 Å². The number of rotatable bonds is 5. The van der Waals surface area contributed by atoms with E-state index in [1.54, 1.807) is 0 Å². The zero-order valence-corrected chi connectivity index (χ0v) is 10.3. The number of carbonyl (C=O) groups is 2. The molecule has 1 aromatic carbocycles. The smallest absolute Gasteiger partial charge is 0.339 e. The van der Waals surface area contributed by atoms with Crippen molar-refractivity contribution in [3.05, 3.63) is 29.3 Å². The number of aromatic carboxylic acids is 1. The van der Waals surface area contributed by atoms with Crippen LogP contribution in [0, 0.1) is 0 Å². The maximum atomic E-state index is 11.5. The Bertz CT molecular complexity index is 604. The second-order valence-corrected chi connectivity index (χ2v) is 4.71. The lowest BCUT2D eigenvalue weighted by Gasteiger charge is -2.09. The Morgan fingerprint density at radius 1 is 1.26 bits per heavy atom. The lowest BCUT2D eigenvalue weighted by atomic mass is 10.1. The van der Waals surface area contributed by atoms with E-state index < -0.39 is 44.7 Å². The molecule has 0 bridgehead atoms. The number of esters is 1. The first kappa shape index (κ1) is 15.1. The van der Waals surface area contributed by atoms with Crippen LogP contribution in [-0.2, 0) is 14.9 Å². The molecule has 0 unspecified atom stereocenters. The Morgan fingerprint density at radius 3 is 2.37 bits per heavy atom. The largest absolute Gasteiger partial charge is 0.478 e. The summed E-state index contributed by atoms with van der Waals surface area (Å²) in [5, 5.41) is 17.4. The summed E-state index contributed by atoms with van der Waals surface area (Å²) in [6.07, 6.45) is 0. The maximum Gasteiger partial charge on any atom is 0.339 e. The monoisotopic (exact) mass is 290 g/mol. The number of carbonyl (C=O) groups excluding carboxylic acids is 1. The molecular formula is C10H10O8S. The molecule has 0 spiro atoms. The molecule has 0 aliphatic heterocycles. The molecule has 1 aromatic rings. The van der Waals surface area contributed by atoms with Crippen molar-refractivity contribution in [2.45, 2.75) is 4.90 Å². The summed E-state index contributed by atoms with van der Waals surface area (Å²) < 4.78 is 35.5. The average Bonchev–Trinajstić information content (AvgIpc) is 2.33. The van der Waals surface area contributed by atoms with Crippen molar-refractivity contribution in [2.75, 3.05) is 13.2 Å². The molecule has 9 heteroatoms. The van der Waals surface area contributed by atoms with E-state index in [4.69, 9.17) is 14.8 Å². The second-order valence-electron chi connectivity index (χ2n) is 3.32. The third-order valence-electron chi connectivity index (χ3n) is 2.06. The van der Waals surface area contributed by atoms with Gasteiger partial charge in [-0.25, -0.2) is 9.59 Å². The summed E-state index contributed by atoms with van der Waals surface area (Å²) in [6, 6.07) is 2.98.